The summed E-state index contributed by atoms with van der Waals surface area (Å²) < 4.78 is 10.4. The number of nitrogens with one attached hydrogen (secondary N) is 1. The van der Waals surface area contributed by atoms with Crippen LogP contribution in [0.15, 0.2) is 40.5 Å². The third kappa shape index (κ3) is 5.13. The van der Waals surface area contributed by atoms with Crippen LogP contribution in [0.1, 0.15) is 18.0 Å². The first-order valence-electron chi connectivity index (χ1n) is 11.0. The van der Waals surface area contributed by atoms with Crippen LogP contribution in [0.25, 0.3) is 22.2 Å². The molecule has 0 unspecified atom stereocenters. The Morgan fingerprint density at radius 2 is 2.00 bits per heavy atom. The molecular formula is C22H24N8O3S. The number of thiazole rings is 1. The molecule has 1 N–H and O–H groups in total. The van der Waals surface area contributed by atoms with Crippen molar-refractivity contribution in [2.45, 2.75) is 19.4 Å². The Hall–Kier alpha value is -3.64. The fourth-order valence-electron chi connectivity index (χ4n) is 3.77. The summed E-state index contributed by atoms with van der Waals surface area (Å²) in [6.07, 6.45) is 2.10. The fraction of sp³-hybridized carbons (Fsp3) is 0.364. The van der Waals surface area contributed by atoms with Crippen molar-refractivity contribution >= 4 is 17.2 Å². The Kier molecular flexibility index (Phi) is 6.58. The summed E-state index contributed by atoms with van der Waals surface area (Å²) in [5, 5.41) is 13.4. The third-order valence-electron chi connectivity index (χ3n) is 5.65. The molecule has 5 rings (SSSR count). The van der Waals surface area contributed by atoms with Gasteiger partial charge in [0.1, 0.15) is 17.1 Å². The number of ether oxygens (including phenoxy) is 1. The second-order valence-electron chi connectivity index (χ2n) is 7.88. The number of amides is 1. The van der Waals surface area contributed by atoms with Gasteiger partial charge in [0.25, 0.3) is 0 Å². The topological polar surface area (TPSA) is 126 Å². The van der Waals surface area contributed by atoms with Crippen LogP contribution in [-0.2, 0) is 17.8 Å². The van der Waals surface area contributed by atoms with Crippen LogP contribution in [0.3, 0.4) is 0 Å². The van der Waals surface area contributed by atoms with E-state index in [4.69, 9.17) is 14.2 Å². The van der Waals surface area contributed by atoms with Crippen molar-refractivity contribution in [2.75, 3.05) is 33.3 Å². The fourth-order valence-corrected chi connectivity index (χ4v) is 4.59. The van der Waals surface area contributed by atoms with Gasteiger partial charge in [-0.25, -0.2) is 9.97 Å². The van der Waals surface area contributed by atoms with E-state index in [0.717, 1.165) is 41.6 Å². The van der Waals surface area contributed by atoms with Gasteiger partial charge in [0.2, 0.25) is 17.6 Å². The lowest BCUT2D eigenvalue weighted by atomic mass is 10.2. The smallest absolute Gasteiger partial charge is 0.239 e. The predicted octanol–water partition coefficient (Wildman–Crippen LogP) is 2.26. The first-order chi connectivity index (χ1) is 16.7. The molecule has 0 bridgehead atoms. The van der Waals surface area contributed by atoms with Crippen molar-refractivity contribution in [3.8, 4) is 28.0 Å². The lowest BCUT2D eigenvalue weighted by Crippen LogP contribution is -2.48. The van der Waals surface area contributed by atoms with E-state index < -0.39 is 0 Å². The molecule has 1 amide bonds. The van der Waals surface area contributed by atoms with Crippen molar-refractivity contribution in [3.63, 3.8) is 0 Å². The number of aryl methyl sites for hydroxylation is 1. The minimum absolute atomic E-state index is 0.0921. The van der Waals surface area contributed by atoms with Crippen LogP contribution < -0.4 is 4.74 Å². The summed E-state index contributed by atoms with van der Waals surface area (Å²) in [7, 11) is 1.66. The molecule has 0 saturated carbocycles. The Bertz CT molecular complexity index is 1210. The number of carbonyl (C=O) groups excluding carboxylic acids is 1. The maximum Gasteiger partial charge on any atom is 0.239 e. The quantitative estimate of drug-likeness (QED) is 0.404. The maximum absolute atomic E-state index is 12.6. The van der Waals surface area contributed by atoms with Gasteiger partial charge in [0, 0.05) is 56.5 Å². The van der Waals surface area contributed by atoms with Gasteiger partial charge in [-0.05, 0) is 24.3 Å². The zero-order valence-corrected chi connectivity index (χ0v) is 19.5. The molecule has 4 aromatic rings. The number of hydrogen-bond donors (Lipinski definition) is 1. The van der Waals surface area contributed by atoms with E-state index in [9.17, 15) is 4.79 Å². The zero-order valence-electron chi connectivity index (χ0n) is 18.7. The van der Waals surface area contributed by atoms with Crippen LogP contribution in [0.2, 0.25) is 0 Å². The average molecular weight is 481 g/mol. The number of benzene rings is 1. The normalized spacial score (nSPS) is 14.4. The van der Waals surface area contributed by atoms with Crippen LogP contribution in [0.5, 0.6) is 5.75 Å². The van der Waals surface area contributed by atoms with Crippen LogP contribution in [0, 0.1) is 0 Å². The minimum atomic E-state index is 0.0921. The number of H-pyrrole nitrogens is 1. The number of nitrogens with zero attached hydrogens (tertiary/aromatic N) is 7. The van der Waals surface area contributed by atoms with E-state index in [-0.39, 0.29) is 5.91 Å². The van der Waals surface area contributed by atoms with E-state index in [1.165, 1.54) is 6.33 Å². The molecule has 3 aromatic heterocycles. The molecule has 176 valence electrons. The monoisotopic (exact) mass is 480 g/mol. The predicted molar refractivity (Wildman–Crippen MR) is 124 cm³/mol. The summed E-state index contributed by atoms with van der Waals surface area (Å²) in [5.41, 5.74) is 2.14. The first kappa shape index (κ1) is 22.2. The van der Waals surface area contributed by atoms with Crippen LogP contribution in [-0.4, -0.2) is 79.3 Å². The molecule has 11 nitrogen and oxygen atoms in total. The van der Waals surface area contributed by atoms with Crippen LogP contribution >= 0.6 is 11.3 Å². The summed E-state index contributed by atoms with van der Waals surface area (Å²) in [6, 6.07) is 7.94. The van der Waals surface area contributed by atoms with E-state index in [1.807, 2.05) is 29.2 Å². The maximum atomic E-state index is 12.6. The molecule has 34 heavy (non-hydrogen) atoms. The second kappa shape index (κ2) is 10.1. The Labute approximate surface area is 199 Å². The zero-order chi connectivity index (χ0) is 23.3. The Morgan fingerprint density at radius 1 is 1.18 bits per heavy atom. The van der Waals surface area contributed by atoms with Gasteiger partial charge in [-0.15, -0.1) is 11.3 Å². The molecule has 1 aromatic carbocycles. The number of hydrogen-bond acceptors (Lipinski definition) is 10. The minimum Gasteiger partial charge on any atom is -0.497 e. The number of carbonyl (C=O) groups is 1. The number of piperazine rings is 1. The summed E-state index contributed by atoms with van der Waals surface area (Å²) in [5.74, 6) is 2.12. The molecule has 0 radical (unpaired) electrons. The van der Waals surface area contributed by atoms with E-state index in [1.54, 1.807) is 18.4 Å². The highest BCUT2D eigenvalue weighted by atomic mass is 32.1. The van der Waals surface area contributed by atoms with Gasteiger partial charge in [0.15, 0.2) is 5.82 Å². The lowest BCUT2D eigenvalue weighted by Gasteiger charge is -2.34. The SMILES string of the molecule is COc1ccc(-c2nc(CN3CCN(C(=O)CCc4nc(-c5ncn[nH]5)no4)CC3)cs2)cc1. The third-order valence-corrected chi connectivity index (χ3v) is 6.59. The second-order valence-corrected chi connectivity index (χ2v) is 8.73. The van der Waals surface area contributed by atoms with E-state index >= 15 is 0 Å². The molecular weight excluding hydrogens is 456 g/mol. The van der Waals surface area contributed by atoms with Crippen LogP contribution in [0.4, 0.5) is 0 Å². The Morgan fingerprint density at radius 3 is 2.74 bits per heavy atom. The molecule has 4 heterocycles. The molecule has 12 heteroatoms. The molecule has 1 saturated heterocycles. The van der Waals surface area contributed by atoms with Crippen molar-refractivity contribution in [2.24, 2.45) is 0 Å². The lowest BCUT2D eigenvalue weighted by molar-refractivity contribution is -0.133. The molecule has 1 aliphatic rings. The highest BCUT2D eigenvalue weighted by Gasteiger charge is 2.22. The molecule has 1 fully saturated rings. The summed E-state index contributed by atoms with van der Waals surface area (Å²) in [6.45, 7) is 3.80. The van der Waals surface area contributed by atoms with Gasteiger partial charge in [-0.2, -0.15) is 10.1 Å². The number of aromatic nitrogens is 6. The van der Waals surface area contributed by atoms with Gasteiger partial charge < -0.3 is 14.2 Å². The highest BCUT2D eigenvalue weighted by Crippen LogP contribution is 2.26. The van der Waals surface area contributed by atoms with Gasteiger partial charge in [-0.1, -0.05) is 5.16 Å². The van der Waals surface area contributed by atoms with Gasteiger partial charge in [0.05, 0.1) is 12.8 Å². The van der Waals surface area contributed by atoms with Gasteiger partial charge in [-0.3, -0.25) is 14.8 Å². The number of aromatic amines is 1. The van der Waals surface area contributed by atoms with E-state index in [0.29, 0.717) is 43.5 Å². The molecule has 1 aliphatic heterocycles. The first-order valence-corrected chi connectivity index (χ1v) is 11.8. The summed E-state index contributed by atoms with van der Waals surface area (Å²) in [4.78, 5) is 29.9. The van der Waals surface area contributed by atoms with E-state index in [2.05, 4.69) is 35.6 Å². The van der Waals surface area contributed by atoms with Crippen molar-refractivity contribution in [1.82, 2.24) is 40.1 Å². The number of methoxy groups -OCH3 is 1. The summed E-state index contributed by atoms with van der Waals surface area (Å²) >= 11 is 1.64. The molecule has 0 atom stereocenters. The van der Waals surface area contributed by atoms with Crippen molar-refractivity contribution in [3.05, 3.63) is 47.6 Å². The van der Waals surface area contributed by atoms with Crippen molar-refractivity contribution < 1.29 is 14.1 Å². The van der Waals surface area contributed by atoms with Crippen molar-refractivity contribution in [1.29, 1.82) is 0 Å². The molecule has 0 spiro atoms. The number of rotatable bonds is 8. The highest BCUT2D eigenvalue weighted by molar-refractivity contribution is 7.13. The Balaban J connectivity index is 1.08. The average Bonchev–Trinajstić information content (AvgIpc) is 3.65. The van der Waals surface area contributed by atoms with Gasteiger partial charge >= 0.3 is 0 Å². The standard InChI is InChI=1S/C22H24N8O3S/c1-32-17-4-2-15(3-5-17)22-25-16(13-34-22)12-29-8-10-30(11-9-29)19(31)7-6-18-26-21(28-33-18)20-23-14-24-27-20/h2-5,13-14H,6-12H2,1H3,(H,23,24,27). The largest absolute Gasteiger partial charge is 0.497 e. The molecule has 0 aliphatic carbocycles.